The minimum absolute atomic E-state index is 0.105. The Bertz CT molecular complexity index is 927. The molecule has 0 saturated carbocycles. The number of aromatic nitrogens is 3. The van der Waals surface area contributed by atoms with E-state index in [9.17, 15) is 18.0 Å². The van der Waals surface area contributed by atoms with Crippen LogP contribution in [-0.4, -0.2) is 25.8 Å². The number of rotatable bonds is 5. The van der Waals surface area contributed by atoms with E-state index in [0.29, 0.717) is 6.54 Å². The van der Waals surface area contributed by atoms with E-state index in [2.05, 4.69) is 15.5 Å². The first kappa shape index (κ1) is 19.0. The molecule has 1 N–H and O–H groups in total. The highest BCUT2D eigenvalue weighted by atomic mass is 35.5. The Hall–Kier alpha value is -1.78. The summed E-state index contributed by atoms with van der Waals surface area (Å²) in [5.41, 5.74) is -0.806. The van der Waals surface area contributed by atoms with E-state index < -0.39 is 17.0 Å². The molecule has 0 spiro atoms. The number of thioether (sulfide) groups is 1. The summed E-state index contributed by atoms with van der Waals surface area (Å²) in [6, 6.07) is 4.58. The fourth-order valence-corrected chi connectivity index (χ4v) is 3.85. The second kappa shape index (κ2) is 7.45. The van der Waals surface area contributed by atoms with Crippen molar-refractivity contribution in [1.82, 2.24) is 19.9 Å². The zero-order valence-electron chi connectivity index (χ0n) is 13.2. The minimum atomic E-state index is -4.55. The maximum atomic E-state index is 13.0. The highest BCUT2D eigenvalue weighted by Gasteiger charge is 2.32. The molecule has 3 heterocycles. The molecule has 11 heteroatoms. The zero-order chi connectivity index (χ0) is 18.9. The largest absolute Gasteiger partial charge is 0.417 e. The highest BCUT2D eigenvalue weighted by Crippen LogP contribution is 2.33. The third-order valence-corrected chi connectivity index (χ3v) is 5.64. The van der Waals surface area contributed by atoms with Crippen molar-refractivity contribution < 1.29 is 18.0 Å². The summed E-state index contributed by atoms with van der Waals surface area (Å²) in [5.74, 6) is -0.252. The minimum Gasteiger partial charge on any atom is -0.350 e. The molecule has 0 aliphatic carbocycles. The number of nitrogens with zero attached hydrogens (tertiary/aromatic N) is 3. The number of nitrogens with one attached hydrogen (secondary N) is 1. The fraction of sp³-hybridized carbons (Fsp3) is 0.267. The molecule has 3 aromatic rings. The van der Waals surface area contributed by atoms with Crippen LogP contribution in [0.25, 0.3) is 5.65 Å². The number of hydrogen-bond donors (Lipinski definition) is 1. The maximum absolute atomic E-state index is 13.0. The molecule has 5 nitrogen and oxygen atoms in total. The van der Waals surface area contributed by atoms with E-state index in [1.54, 1.807) is 6.92 Å². The normalized spacial score (nSPS) is 13.1. The van der Waals surface area contributed by atoms with Crippen LogP contribution in [0.4, 0.5) is 13.2 Å². The Morgan fingerprint density at radius 1 is 1.46 bits per heavy atom. The van der Waals surface area contributed by atoms with E-state index in [-0.39, 0.29) is 21.7 Å². The number of carbonyl (C=O) groups excluding carboxylic acids is 1. The van der Waals surface area contributed by atoms with E-state index >= 15 is 0 Å². The van der Waals surface area contributed by atoms with E-state index in [1.165, 1.54) is 11.3 Å². The van der Waals surface area contributed by atoms with Crippen molar-refractivity contribution >= 4 is 46.3 Å². The molecule has 3 aromatic heterocycles. The predicted molar refractivity (Wildman–Crippen MR) is 94.5 cm³/mol. The van der Waals surface area contributed by atoms with E-state index in [4.69, 9.17) is 11.6 Å². The van der Waals surface area contributed by atoms with Gasteiger partial charge in [0, 0.05) is 11.1 Å². The third kappa shape index (κ3) is 4.13. The lowest BCUT2D eigenvalue weighted by molar-refractivity contribution is -0.137. The SMILES string of the molecule is CC(Sc1nnc2c(Cl)cc(C(F)(F)F)cn12)C(=O)NCc1cccs1. The Balaban J connectivity index is 1.77. The van der Waals surface area contributed by atoms with Gasteiger partial charge in [-0.25, -0.2) is 0 Å². The number of carbonyl (C=O) groups is 1. The van der Waals surface area contributed by atoms with Gasteiger partial charge in [-0.05, 0) is 24.4 Å². The number of amides is 1. The number of halogens is 4. The predicted octanol–water partition coefficient (Wildman–Crippen LogP) is 4.26. The van der Waals surface area contributed by atoms with E-state index in [0.717, 1.165) is 33.3 Å². The molecule has 0 aliphatic heterocycles. The number of hydrogen-bond acceptors (Lipinski definition) is 5. The summed E-state index contributed by atoms with van der Waals surface area (Å²) in [6.45, 7) is 2.04. The summed E-state index contributed by atoms with van der Waals surface area (Å²) in [6.07, 6.45) is -3.67. The van der Waals surface area contributed by atoms with Gasteiger partial charge in [-0.15, -0.1) is 21.5 Å². The van der Waals surface area contributed by atoms with Crippen molar-refractivity contribution in [3.63, 3.8) is 0 Å². The molecular formula is C15H12ClF3N4OS2. The average molecular weight is 421 g/mol. The van der Waals surface area contributed by atoms with Crippen LogP contribution in [0.2, 0.25) is 5.02 Å². The fourth-order valence-electron chi connectivity index (χ4n) is 2.11. The van der Waals surface area contributed by atoms with Crippen LogP contribution in [0.5, 0.6) is 0 Å². The molecule has 138 valence electrons. The molecule has 26 heavy (non-hydrogen) atoms. The molecule has 0 bridgehead atoms. The van der Waals surface area contributed by atoms with Crippen molar-refractivity contribution in [3.8, 4) is 0 Å². The second-order valence-corrected chi connectivity index (χ2v) is 8.06. The van der Waals surface area contributed by atoms with Gasteiger partial charge in [0.2, 0.25) is 5.91 Å². The van der Waals surface area contributed by atoms with Gasteiger partial charge in [-0.3, -0.25) is 9.20 Å². The van der Waals surface area contributed by atoms with E-state index in [1.807, 2.05) is 17.5 Å². The van der Waals surface area contributed by atoms with Crippen LogP contribution in [0.3, 0.4) is 0 Å². The molecule has 0 radical (unpaired) electrons. The van der Waals surface area contributed by atoms with Gasteiger partial charge >= 0.3 is 6.18 Å². The van der Waals surface area contributed by atoms with Crippen LogP contribution in [0.1, 0.15) is 17.4 Å². The molecular weight excluding hydrogens is 409 g/mol. The monoisotopic (exact) mass is 420 g/mol. The summed E-state index contributed by atoms with van der Waals surface area (Å²) in [4.78, 5) is 13.2. The van der Waals surface area contributed by atoms with Crippen molar-refractivity contribution in [2.24, 2.45) is 0 Å². The van der Waals surface area contributed by atoms with Crippen LogP contribution in [0.15, 0.2) is 34.9 Å². The number of fused-ring (bicyclic) bond motifs is 1. The first-order valence-electron chi connectivity index (χ1n) is 7.34. The van der Waals surface area contributed by atoms with Crippen molar-refractivity contribution in [2.75, 3.05) is 0 Å². The van der Waals surface area contributed by atoms with Crippen LogP contribution >= 0.6 is 34.7 Å². The zero-order valence-corrected chi connectivity index (χ0v) is 15.6. The van der Waals surface area contributed by atoms with Gasteiger partial charge < -0.3 is 5.32 Å². The van der Waals surface area contributed by atoms with Gasteiger partial charge in [-0.1, -0.05) is 29.4 Å². The summed E-state index contributed by atoms with van der Waals surface area (Å²) < 4.78 is 40.1. The summed E-state index contributed by atoms with van der Waals surface area (Å²) >= 11 is 8.40. The van der Waals surface area contributed by atoms with Crippen molar-refractivity contribution in [2.45, 2.75) is 30.1 Å². The van der Waals surface area contributed by atoms with Crippen LogP contribution in [0, 0.1) is 0 Å². The number of pyridine rings is 1. The number of alkyl halides is 3. The first-order chi connectivity index (χ1) is 12.3. The maximum Gasteiger partial charge on any atom is 0.417 e. The molecule has 3 rings (SSSR count). The summed E-state index contributed by atoms with van der Waals surface area (Å²) in [7, 11) is 0. The van der Waals surface area contributed by atoms with Crippen LogP contribution in [-0.2, 0) is 17.5 Å². The van der Waals surface area contributed by atoms with Crippen LogP contribution < -0.4 is 5.32 Å². The standard InChI is InChI=1S/C15H12ClF3N4OS2/c1-8(13(24)20-6-10-3-2-4-25-10)26-14-22-21-12-11(16)5-9(7-23(12)14)15(17,18)19/h2-5,7-8H,6H2,1H3,(H,20,24). The number of thiophene rings is 1. The van der Waals surface area contributed by atoms with Crippen molar-refractivity contribution in [3.05, 3.63) is 45.2 Å². The van der Waals surface area contributed by atoms with Gasteiger partial charge in [0.25, 0.3) is 0 Å². The molecule has 1 unspecified atom stereocenters. The lowest BCUT2D eigenvalue weighted by atomic mass is 10.3. The Morgan fingerprint density at radius 2 is 2.23 bits per heavy atom. The van der Waals surface area contributed by atoms with Gasteiger partial charge in [0.05, 0.1) is 22.4 Å². The molecule has 0 fully saturated rings. The highest BCUT2D eigenvalue weighted by molar-refractivity contribution is 8.00. The lowest BCUT2D eigenvalue weighted by Gasteiger charge is -2.11. The Kier molecular flexibility index (Phi) is 5.44. The summed E-state index contributed by atoms with van der Waals surface area (Å²) in [5, 5.41) is 11.8. The molecule has 0 aromatic carbocycles. The molecule has 1 amide bonds. The smallest absolute Gasteiger partial charge is 0.350 e. The Labute approximate surface area is 159 Å². The first-order valence-corrected chi connectivity index (χ1v) is 9.47. The average Bonchev–Trinajstić information content (AvgIpc) is 3.22. The molecule has 0 aliphatic rings. The lowest BCUT2D eigenvalue weighted by Crippen LogP contribution is -2.30. The third-order valence-electron chi connectivity index (χ3n) is 3.42. The van der Waals surface area contributed by atoms with Crippen molar-refractivity contribution in [1.29, 1.82) is 0 Å². The second-order valence-electron chi connectivity index (χ2n) is 5.31. The Morgan fingerprint density at radius 3 is 2.88 bits per heavy atom. The molecule has 0 saturated heterocycles. The topological polar surface area (TPSA) is 59.3 Å². The molecule has 1 atom stereocenters. The quantitative estimate of drug-likeness (QED) is 0.626. The van der Waals surface area contributed by atoms with Gasteiger partial charge in [0.1, 0.15) is 0 Å². The van der Waals surface area contributed by atoms with Gasteiger partial charge in [0.15, 0.2) is 10.8 Å². The van der Waals surface area contributed by atoms with Gasteiger partial charge in [-0.2, -0.15) is 13.2 Å².